The van der Waals surface area contributed by atoms with E-state index in [9.17, 15) is 4.79 Å². The SMILES string of the molecule is O=C(CNc1cc2c(cc1Cl)OCCCO2)NCCOc1ccccc1. The Morgan fingerprint density at radius 1 is 1.12 bits per heavy atom. The third-order valence-corrected chi connectivity index (χ3v) is 4.03. The number of para-hydroxylation sites is 1. The fourth-order valence-corrected chi connectivity index (χ4v) is 2.65. The Balaban J connectivity index is 1.43. The first-order valence-corrected chi connectivity index (χ1v) is 8.88. The van der Waals surface area contributed by atoms with Crippen molar-refractivity contribution in [2.45, 2.75) is 6.42 Å². The summed E-state index contributed by atoms with van der Waals surface area (Å²) in [5.41, 5.74) is 0.631. The van der Waals surface area contributed by atoms with Gasteiger partial charge in [-0.25, -0.2) is 0 Å². The van der Waals surface area contributed by atoms with Gasteiger partial charge in [0.25, 0.3) is 0 Å². The molecule has 1 amide bonds. The second-order valence-corrected chi connectivity index (χ2v) is 6.10. The van der Waals surface area contributed by atoms with E-state index in [1.165, 1.54) is 0 Å². The van der Waals surface area contributed by atoms with Gasteiger partial charge in [0.2, 0.25) is 5.91 Å². The molecule has 1 aliphatic heterocycles. The normalized spacial score (nSPS) is 12.8. The number of carbonyl (C=O) groups is 1. The van der Waals surface area contributed by atoms with Crippen molar-refractivity contribution in [3.8, 4) is 17.2 Å². The van der Waals surface area contributed by atoms with E-state index in [2.05, 4.69) is 10.6 Å². The summed E-state index contributed by atoms with van der Waals surface area (Å²) in [6, 6.07) is 12.9. The second kappa shape index (κ2) is 9.20. The Morgan fingerprint density at radius 2 is 1.85 bits per heavy atom. The maximum atomic E-state index is 12.0. The molecular weight excluding hydrogens is 356 g/mol. The summed E-state index contributed by atoms with van der Waals surface area (Å²) < 4.78 is 16.7. The number of amides is 1. The molecule has 0 saturated heterocycles. The highest BCUT2D eigenvalue weighted by Gasteiger charge is 2.14. The van der Waals surface area contributed by atoms with Gasteiger partial charge >= 0.3 is 0 Å². The van der Waals surface area contributed by atoms with Crippen LogP contribution < -0.4 is 24.8 Å². The lowest BCUT2D eigenvalue weighted by molar-refractivity contribution is -0.119. The van der Waals surface area contributed by atoms with Crippen LogP contribution in [0, 0.1) is 0 Å². The van der Waals surface area contributed by atoms with Crippen molar-refractivity contribution in [1.29, 1.82) is 0 Å². The van der Waals surface area contributed by atoms with Gasteiger partial charge in [-0.3, -0.25) is 4.79 Å². The molecule has 7 heteroatoms. The van der Waals surface area contributed by atoms with Gasteiger partial charge in [-0.05, 0) is 12.1 Å². The lowest BCUT2D eigenvalue weighted by Crippen LogP contribution is -2.33. The minimum Gasteiger partial charge on any atom is -0.492 e. The number of nitrogens with one attached hydrogen (secondary N) is 2. The molecule has 1 aliphatic rings. The van der Waals surface area contributed by atoms with Crippen molar-refractivity contribution in [3.63, 3.8) is 0 Å². The lowest BCUT2D eigenvalue weighted by Gasteiger charge is -2.13. The standard InChI is InChI=1S/C19H21ClN2O4/c20-15-11-17-18(26-9-4-8-25-17)12-16(15)22-13-19(23)21-7-10-24-14-5-2-1-3-6-14/h1-3,5-6,11-12,22H,4,7-10,13H2,(H,21,23). The van der Waals surface area contributed by atoms with E-state index in [4.69, 9.17) is 25.8 Å². The van der Waals surface area contributed by atoms with Gasteiger partial charge < -0.3 is 24.8 Å². The summed E-state index contributed by atoms with van der Waals surface area (Å²) in [5, 5.41) is 6.29. The summed E-state index contributed by atoms with van der Waals surface area (Å²) in [5.74, 6) is 1.88. The van der Waals surface area contributed by atoms with Crippen molar-refractivity contribution >= 4 is 23.2 Å². The molecule has 0 spiro atoms. The van der Waals surface area contributed by atoms with Crippen molar-refractivity contribution in [3.05, 3.63) is 47.5 Å². The Bertz CT molecular complexity index is 740. The quantitative estimate of drug-likeness (QED) is 0.727. The average Bonchev–Trinajstić information content (AvgIpc) is 2.89. The zero-order chi connectivity index (χ0) is 18.2. The largest absolute Gasteiger partial charge is 0.492 e. The van der Waals surface area contributed by atoms with E-state index in [0.29, 0.717) is 48.6 Å². The van der Waals surface area contributed by atoms with E-state index in [0.717, 1.165) is 12.2 Å². The van der Waals surface area contributed by atoms with Crippen LogP contribution in [0.5, 0.6) is 17.2 Å². The number of hydrogen-bond acceptors (Lipinski definition) is 5. The predicted octanol–water partition coefficient (Wildman–Crippen LogP) is 3.11. The summed E-state index contributed by atoms with van der Waals surface area (Å²) >= 11 is 6.24. The molecule has 0 unspecified atom stereocenters. The molecule has 138 valence electrons. The van der Waals surface area contributed by atoms with Crippen molar-refractivity contribution in [2.24, 2.45) is 0 Å². The van der Waals surface area contributed by atoms with Gasteiger partial charge in [-0.1, -0.05) is 29.8 Å². The van der Waals surface area contributed by atoms with Gasteiger partial charge in [0.15, 0.2) is 11.5 Å². The fraction of sp³-hybridized carbons (Fsp3) is 0.316. The smallest absolute Gasteiger partial charge is 0.239 e. The number of fused-ring (bicyclic) bond motifs is 1. The minimum atomic E-state index is -0.148. The molecule has 0 aliphatic carbocycles. The van der Waals surface area contributed by atoms with Crippen molar-refractivity contribution < 1.29 is 19.0 Å². The number of anilines is 1. The highest BCUT2D eigenvalue weighted by Crippen LogP contribution is 2.37. The van der Waals surface area contributed by atoms with Crippen LogP contribution in [-0.2, 0) is 4.79 Å². The molecule has 0 bridgehead atoms. The van der Waals surface area contributed by atoms with E-state index in [1.807, 2.05) is 30.3 Å². The molecule has 0 radical (unpaired) electrons. The van der Waals surface area contributed by atoms with Crippen LogP contribution in [0.1, 0.15) is 6.42 Å². The first-order chi connectivity index (χ1) is 12.7. The highest BCUT2D eigenvalue weighted by molar-refractivity contribution is 6.33. The van der Waals surface area contributed by atoms with E-state index < -0.39 is 0 Å². The molecule has 0 atom stereocenters. The summed E-state index contributed by atoms with van der Waals surface area (Å²) in [7, 11) is 0. The maximum absolute atomic E-state index is 12.0. The van der Waals surface area contributed by atoms with Crippen LogP contribution in [-0.4, -0.2) is 38.8 Å². The molecule has 3 rings (SSSR count). The molecule has 0 saturated carbocycles. The van der Waals surface area contributed by atoms with Gasteiger partial charge in [-0.15, -0.1) is 0 Å². The highest BCUT2D eigenvalue weighted by atomic mass is 35.5. The van der Waals surface area contributed by atoms with Crippen LogP contribution in [0.3, 0.4) is 0 Å². The van der Waals surface area contributed by atoms with Gasteiger partial charge in [0.1, 0.15) is 12.4 Å². The van der Waals surface area contributed by atoms with Crippen molar-refractivity contribution in [1.82, 2.24) is 5.32 Å². The molecule has 1 heterocycles. The number of ether oxygens (including phenoxy) is 3. The molecule has 2 N–H and O–H groups in total. The monoisotopic (exact) mass is 376 g/mol. The Morgan fingerprint density at radius 3 is 2.62 bits per heavy atom. The van der Waals surface area contributed by atoms with Crippen LogP contribution in [0.2, 0.25) is 5.02 Å². The molecule has 26 heavy (non-hydrogen) atoms. The molecule has 0 fully saturated rings. The van der Waals surface area contributed by atoms with E-state index in [1.54, 1.807) is 12.1 Å². The number of halogens is 1. The Hall–Kier alpha value is -2.60. The number of hydrogen-bond donors (Lipinski definition) is 2. The summed E-state index contributed by atoms with van der Waals surface area (Å²) in [4.78, 5) is 12.0. The summed E-state index contributed by atoms with van der Waals surface area (Å²) in [6.45, 7) is 2.12. The molecule has 0 aromatic heterocycles. The fourth-order valence-electron chi connectivity index (χ4n) is 2.43. The summed E-state index contributed by atoms with van der Waals surface area (Å²) in [6.07, 6.45) is 0.822. The minimum absolute atomic E-state index is 0.102. The Kier molecular flexibility index (Phi) is 6.44. The van der Waals surface area contributed by atoms with Gasteiger partial charge in [0, 0.05) is 18.6 Å². The predicted molar refractivity (Wildman–Crippen MR) is 100 cm³/mol. The van der Waals surface area contributed by atoms with Gasteiger partial charge in [0.05, 0.1) is 37.0 Å². The van der Waals surface area contributed by atoms with Crippen LogP contribution in [0.25, 0.3) is 0 Å². The van der Waals surface area contributed by atoms with E-state index in [-0.39, 0.29) is 12.5 Å². The molecule has 2 aromatic carbocycles. The average molecular weight is 377 g/mol. The van der Waals surface area contributed by atoms with E-state index >= 15 is 0 Å². The van der Waals surface area contributed by atoms with Crippen LogP contribution in [0.4, 0.5) is 5.69 Å². The maximum Gasteiger partial charge on any atom is 0.239 e. The van der Waals surface area contributed by atoms with Crippen LogP contribution >= 0.6 is 11.6 Å². The zero-order valence-corrected chi connectivity index (χ0v) is 15.1. The molecule has 2 aromatic rings. The Labute approximate surface area is 157 Å². The molecular formula is C19H21ClN2O4. The number of benzene rings is 2. The lowest BCUT2D eigenvalue weighted by atomic mass is 10.2. The zero-order valence-electron chi connectivity index (χ0n) is 14.3. The third-order valence-electron chi connectivity index (χ3n) is 3.71. The number of rotatable bonds is 7. The topological polar surface area (TPSA) is 68.8 Å². The molecule has 6 nitrogen and oxygen atoms in total. The number of carbonyl (C=O) groups excluding carboxylic acids is 1. The third kappa shape index (κ3) is 5.20. The van der Waals surface area contributed by atoms with Crippen LogP contribution in [0.15, 0.2) is 42.5 Å². The van der Waals surface area contributed by atoms with Crippen molar-refractivity contribution in [2.75, 3.05) is 38.2 Å². The first-order valence-electron chi connectivity index (χ1n) is 8.50. The first kappa shape index (κ1) is 18.2. The van der Waals surface area contributed by atoms with Gasteiger partial charge in [-0.2, -0.15) is 0 Å². The second-order valence-electron chi connectivity index (χ2n) is 5.69.